The first-order chi connectivity index (χ1) is 8.28. The summed E-state index contributed by atoms with van der Waals surface area (Å²) in [4.78, 5) is 10.8. The molecule has 1 aromatic heterocycles. The summed E-state index contributed by atoms with van der Waals surface area (Å²) in [6.07, 6.45) is -4.99. The van der Waals surface area contributed by atoms with Gasteiger partial charge in [-0.15, -0.1) is 13.2 Å². The molecule has 0 saturated heterocycles. The van der Waals surface area contributed by atoms with E-state index in [-0.39, 0.29) is 15.9 Å². The molecule has 0 amide bonds. The molecule has 0 aliphatic carbocycles. The monoisotopic (exact) mass is 279 g/mol. The molecule has 1 N–H and O–H groups in total. The minimum Gasteiger partial charge on any atom is -0.464 e. The lowest BCUT2D eigenvalue weighted by atomic mass is 10.2. The first kappa shape index (κ1) is 12.6. The van der Waals surface area contributed by atoms with Crippen LogP contribution in [-0.2, 0) is 0 Å². The van der Waals surface area contributed by atoms with Crippen molar-refractivity contribution in [2.24, 2.45) is 0 Å². The van der Waals surface area contributed by atoms with Crippen molar-refractivity contribution in [1.82, 2.24) is 4.57 Å². The van der Waals surface area contributed by atoms with Gasteiger partial charge in [0.2, 0.25) is 0 Å². The van der Waals surface area contributed by atoms with Gasteiger partial charge in [0.25, 0.3) is 0 Å². The Morgan fingerprint density at radius 2 is 2.06 bits per heavy atom. The van der Waals surface area contributed by atoms with E-state index in [9.17, 15) is 18.0 Å². The quantitative estimate of drug-likeness (QED) is 0.865. The lowest BCUT2D eigenvalue weighted by Gasteiger charge is -2.08. The van der Waals surface area contributed by atoms with Crippen LogP contribution in [0.5, 0.6) is 5.75 Å². The van der Waals surface area contributed by atoms with Gasteiger partial charge in [-0.2, -0.15) is 0 Å². The predicted molar refractivity (Wildman–Crippen MR) is 57.1 cm³/mol. The van der Waals surface area contributed by atoms with E-state index in [1.807, 2.05) is 0 Å². The molecule has 2 aromatic rings. The van der Waals surface area contributed by atoms with Gasteiger partial charge in [0.15, 0.2) is 0 Å². The van der Waals surface area contributed by atoms with Crippen LogP contribution in [0, 0.1) is 0 Å². The predicted octanol–water partition coefficient (Wildman–Crippen LogP) is 3.72. The molecule has 0 spiro atoms. The number of aromatic nitrogens is 1. The summed E-state index contributed by atoms with van der Waals surface area (Å²) in [6, 6.07) is 3.24. The lowest BCUT2D eigenvalue weighted by molar-refractivity contribution is -0.274. The second-order valence-corrected chi connectivity index (χ2v) is 3.76. The van der Waals surface area contributed by atoms with E-state index >= 15 is 0 Å². The van der Waals surface area contributed by atoms with Gasteiger partial charge < -0.3 is 9.84 Å². The molecular formula is C10H5ClF3NO3. The molecule has 18 heavy (non-hydrogen) atoms. The Bertz CT molecular complexity index is 621. The number of hydrogen-bond donors (Lipinski definition) is 1. The van der Waals surface area contributed by atoms with Crippen molar-refractivity contribution >= 4 is 28.6 Å². The molecule has 0 bridgehead atoms. The third-order valence-electron chi connectivity index (χ3n) is 2.17. The van der Waals surface area contributed by atoms with Crippen molar-refractivity contribution < 1.29 is 27.8 Å². The fourth-order valence-electron chi connectivity index (χ4n) is 1.52. The third-order valence-corrected chi connectivity index (χ3v) is 2.47. The van der Waals surface area contributed by atoms with Crippen LogP contribution in [0.2, 0.25) is 5.02 Å². The minimum atomic E-state index is -4.81. The van der Waals surface area contributed by atoms with Crippen molar-refractivity contribution in [2.45, 2.75) is 6.36 Å². The zero-order valence-electron chi connectivity index (χ0n) is 8.53. The van der Waals surface area contributed by atoms with Gasteiger partial charge in [-0.05, 0) is 18.2 Å². The van der Waals surface area contributed by atoms with Crippen LogP contribution in [0.1, 0.15) is 0 Å². The van der Waals surface area contributed by atoms with Gasteiger partial charge in [0.1, 0.15) is 5.75 Å². The summed E-state index contributed by atoms with van der Waals surface area (Å²) >= 11 is 5.74. The zero-order chi connectivity index (χ0) is 13.5. The summed E-state index contributed by atoms with van der Waals surface area (Å²) in [6.45, 7) is 0. The van der Waals surface area contributed by atoms with Gasteiger partial charge in [-0.3, -0.25) is 4.57 Å². The molecule has 0 saturated carbocycles. The fraction of sp³-hybridized carbons (Fsp3) is 0.100. The maximum absolute atomic E-state index is 12.0. The molecule has 2 rings (SSSR count). The van der Waals surface area contributed by atoms with Crippen LogP contribution in [-0.4, -0.2) is 22.1 Å². The van der Waals surface area contributed by atoms with Crippen molar-refractivity contribution in [1.29, 1.82) is 0 Å². The molecule has 0 fully saturated rings. The van der Waals surface area contributed by atoms with Crippen LogP contribution in [0.15, 0.2) is 24.4 Å². The standard InChI is InChI=1S/C10H5ClF3NO3/c11-7-4-15(9(16)17)8-2-1-5(3-6(7)8)18-10(12,13)14/h1-4H,(H,16,17). The summed E-state index contributed by atoms with van der Waals surface area (Å²) in [5, 5.41) is 9.04. The van der Waals surface area contributed by atoms with E-state index in [4.69, 9.17) is 16.7 Å². The summed E-state index contributed by atoms with van der Waals surface area (Å²) in [5.41, 5.74) is 0.182. The van der Waals surface area contributed by atoms with Crippen LogP contribution in [0.4, 0.5) is 18.0 Å². The average Bonchev–Trinajstić information content (AvgIpc) is 2.54. The van der Waals surface area contributed by atoms with Crippen molar-refractivity contribution in [2.75, 3.05) is 0 Å². The largest absolute Gasteiger partial charge is 0.573 e. The van der Waals surface area contributed by atoms with Gasteiger partial charge in [0, 0.05) is 11.6 Å². The summed E-state index contributed by atoms with van der Waals surface area (Å²) in [5.74, 6) is -0.458. The Kier molecular flexibility index (Phi) is 2.86. The number of carboxylic acid groups (broad SMARTS) is 1. The number of benzene rings is 1. The Hall–Kier alpha value is -1.89. The van der Waals surface area contributed by atoms with E-state index in [0.29, 0.717) is 0 Å². The summed E-state index contributed by atoms with van der Waals surface area (Å²) < 4.78 is 40.6. The number of alkyl halides is 3. The molecule has 0 atom stereocenters. The first-order valence-electron chi connectivity index (χ1n) is 4.57. The van der Waals surface area contributed by atoms with E-state index < -0.39 is 18.2 Å². The molecule has 4 nitrogen and oxygen atoms in total. The molecule has 0 radical (unpaired) electrons. The molecule has 0 aliphatic heterocycles. The highest BCUT2D eigenvalue weighted by molar-refractivity contribution is 6.36. The number of halogens is 4. The number of ether oxygens (including phenoxy) is 1. The maximum Gasteiger partial charge on any atom is 0.573 e. The van der Waals surface area contributed by atoms with Crippen molar-refractivity contribution in [3.05, 3.63) is 29.4 Å². The Labute approximate surface area is 103 Å². The van der Waals surface area contributed by atoms with E-state index in [0.717, 1.165) is 22.9 Å². The first-order valence-corrected chi connectivity index (χ1v) is 4.95. The molecule has 0 unspecified atom stereocenters. The highest BCUT2D eigenvalue weighted by atomic mass is 35.5. The van der Waals surface area contributed by atoms with E-state index in [2.05, 4.69) is 4.74 Å². The van der Waals surface area contributed by atoms with Gasteiger partial charge in [-0.1, -0.05) is 11.6 Å². The number of rotatable bonds is 1. The zero-order valence-corrected chi connectivity index (χ0v) is 9.29. The van der Waals surface area contributed by atoms with Crippen molar-refractivity contribution in [3.8, 4) is 5.75 Å². The van der Waals surface area contributed by atoms with Gasteiger partial charge in [0.05, 0.1) is 10.5 Å². The van der Waals surface area contributed by atoms with Crippen molar-refractivity contribution in [3.63, 3.8) is 0 Å². The fourth-order valence-corrected chi connectivity index (χ4v) is 1.77. The highest BCUT2D eigenvalue weighted by Gasteiger charge is 2.31. The molecule has 96 valence electrons. The number of carbonyl (C=O) groups is 1. The Morgan fingerprint density at radius 3 is 2.61 bits per heavy atom. The molecule has 1 heterocycles. The summed E-state index contributed by atoms with van der Waals surface area (Å²) in [7, 11) is 0. The average molecular weight is 280 g/mol. The molecule has 1 aromatic carbocycles. The van der Waals surface area contributed by atoms with E-state index in [1.165, 1.54) is 6.07 Å². The SMILES string of the molecule is O=C(O)n1cc(Cl)c2cc(OC(F)(F)F)ccc21. The highest BCUT2D eigenvalue weighted by Crippen LogP contribution is 2.31. The van der Waals surface area contributed by atoms with Crippen LogP contribution in [0.25, 0.3) is 10.9 Å². The Morgan fingerprint density at radius 1 is 1.39 bits per heavy atom. The molecular weight excluding hydrogens is 275 g/mol. The minimum absolute atomic E-state index is 0.0278. The molecule has 0 aliphatic rings. The Balaban J connectivity index is 2.53. The van der Waals surface area contributed by atoms with Gasteiger partial charge in [-0.25, -0.2) is 4.79 Å². The molecule has 8 heteroatoms. The van der Waals surface area contributed by atoms with E-state index in [1.54, 1.807) is 0 Å². The van der Waals surface area contributed by atoms with Gasteiger partial charge >= 0.3 is 12.5 Å². The number of hydrogen-bond acceptors (Lipinski definition) is 2. The normalized spacial score (nSPS) is 11.8. The van der Waals surface area contributed by atoms with Crippen LogP contribution < -0.4 is 4.74 Å². The number of nitrogens with zero attached hydrogens (tertiary/aromatic N) is 1. The maximum atomic E-state index is 12.0. The third kappa shape index (κ3) is 2.35. The van der Waals surface area contributed by atoms with Crippen LogP contribution in [0.3, 0.4) is 0 Å². The smallest absolute Gasteiger partial charge is 0.464 e. The van der Waals surface area contributed by atoms with Crippen LogP contribution >= 0.6 is 11.6 Å². The lowest BCUT2D eigenvalue weighted by Crippen LogP contribution is -2.17. The second-order valence-electron chi connectivity index (χ2n) is 3.36. The topological polar surface area (TPSA) is 51.5 Å². The number of fused-ring (bicyclic) bond motifs is 1. The second kappa shape index (κ2) is 4.09.